The van der Waals surface area contributed by atoms with Crippen LogP contribution >= 0.6 is 23.4 Å². The van der Waals surface area contributed by atoms with Crippen molar-refractivity contribution in [1.29, 1.82) is 0 Å². The molecule has 0 unspecified atom stereocenters. The second-order valence-corrected chi connectivity index (χ2v) is 6.60. The Balaban J connectivity index is 1.67. The van der Waals surface area contributed by atoms with Crippen molar-refractivity contribution >= 4 is 23.4 Å². The maximum atomic E-state index is 9.40. The summed E-state index contributed by atoms with van der Waals surface area (Å²) in [5.41, 5.74) is 0.720. The monoisotopic (exact) mass is 310 g/mol. The SMILES string of the molecule is Oc1ccc(-c2nc(CSC3CCCC3)no2)cc1Cl. The lowest BCUT2D eigenvalue weighted by Gasteiger charge is -2.04. The number of aromatic hydroxyl groups is 1. The van der Waals surface area contributed by atoms with Crippen LogP contribution in [0.4, 0.5) is 0 Å². The van der Waals surface area contributed by atoms with E-state index in [1.54, 1.807) is 12.1 Å². The Labute approximate surface area is 126 Å². The van der Waals surface area contributed by atoms with E-state index in [9.17, 15) is 5.11 Å². The van der Waals surface area contributed by atoms with Gasteiger partial charge in [0.15, 0.2) is 5.82 Å². The Kier molecular flexibility index (Phi) is 4.17. The molecule has 6 heteroatoms. The number of aromatic nitrogens is 2. The van der Waals surface area contributed by atoms with Gasteiger partial charge in [-0.1, -0.05) is 29.6 Å². The van der Waals surface area contributed by atoms with Crippen LogP contribution in [0.3, 0.4) is 0 Å². The van der Waals surface area contributed by atoms with E-state index >= 15 is 0 Å². The molecule has 0 bridgehead atoms. The Morgan fingerprint density at radius 1 is 1.35 bits per heavy atom. The fourth-order valence-corrected chi connectivity index (χ4v) is 3.67. The van der Waals surface area contributed by atoms with Crippen LogP contribution in [0, 0.1) is 0 Å². The molecular weight excluding hydrogens is 296 g/mol. The minimum Gasteiger partial charge on any atom is -0.506 e. The first-order chi connectivity index (χ1) is 9.72. The smallest absolute Gasteiger partial charge is 0.258 e. The molecule has 1 aliphatic carbocycles. The molecule has 4 nitrogen and oxygen atoms in total. The lowest BCUT2D eigenvalue weighted by atomic mass is 10.2. The molecule has 1 aliphatic rings. The summed E-state index contributed by atoms with van der Waals surface area (Å²) in [4.78, 5) is 4.37. The van der Waals surface area contributed by atoms with Gasteiger partial charge in [-0.25, -0.2) is 0 Å². The van der Waals surface area contributed by atoms with Crippen molar-refractivity contribution in [2.75, 3.05) is 0 Å². The van der Waals surface area contributed by atoms with E-state index in [2.05, 4.69) is 10.1 Å². The molecule has 1 N–H and O–H groups in total. The molecule has 0 aliphatic heterocycles. The van der Waals surface area contributed by atoms with E-state index in [1.165, 1.54) is 31.7 Å². The average molecular weight is 311 g/mol. The zero-order chi connectivity index (χ0) is 13.9. The summed E-state index contributed by atoms with van der Waals surface area (Å²) in [6.45, 7) is 0. The second kappa shape index (κ2) is 6.06. The van der Waals surface area contributed by atoms with E-state index in [1.807, 2.05) is 11.8 Å². The Morgan fingerprint density at radius 2 is 2.15 bits per heavy atom. The quantitative estimate of drug-likeness (QED) is 0.913. The third kappa shape index (κ3) is 3.10. The van der Waals surface area contributed by atoms with E-state index in [0.717, 1.165) is 16.6 Å². The molecule has 0 atom stereocenters. The van der Waals surface area contributed by atoms with Crippen LogP contribution in [0.15, 0.2) is 22.7 Å². The molecule has 0 radical (unpaired) electrons. The summed E-state index contributed by atoms with van der Waals surface area (Å²) in [5.74, 6) is 1.97. The van der Waals surface area contributed by atoms with E-state index in [0.29, 0.717) is 11.7 Å². The van der Waals surface area contributed by atoms with Crippen LogP contribution < -0.4 is 0 Å². The van der Waals surface area contributed by atoms with Gasteiger partial charge in [-0.15, -0.1) is 0 Å². The summed E-state index contributed by atoms with van der Waals surface area (Å²) >= 11 is 7.77. The van der Waals surface area contributed by atoms with Gasteiger partial charge in [0.05, 0.1) is 10.8 Å². The maximum Gasteiger partial charge on any atom is 0.258 e. The van der Waals surface area contributed by atoms with Crippen LogP contribution in [-0.2, 0) is 5.75 Å². The van der Waals surface area contributed by atoms with Gasteiger partial charge in [0.25, 0.3) is 5.89 Å². The van der Waals surface area contributed by atoms with Crippen LogP contribution in [0.5, 0.6) is 5.75 Å². The summed E-state index contributed by atoms with van der Waals surface area (Å²) in [6.07, 6.45) is 5.26. The van der Waals surface area contributed by atoms with Crippen molar-refractivity contribution in [2.45, 2.75) is 36.7 Å². The molecule has 106 valence electrons. The van der Waals surface area contributed by atoms with Gasteiger partial charge in [0.2, 0.25) is 0 Å². The van der Waals surface area contributed by atoms with Crippen molar-refractivity contribution in [3.05, 3.63) is 29.0 Å². The third-order valence-corrected chi connectivity index (χ3v) is 5.08. The number of phenols is 1. The highest BCUT2D eigenvalue weighted by Crippen LogP contribution is 2.32. The van der Waals surface area contributed by atoms with Crippen LogP contribution in [0.1, 0.15) is 31.5 Å². The highest BCUT2D eigenvalue weighted by atomic mass is 35.5. The molecule has 1 fully saturated rings. The zero-order valence-electron chi connectivity index (χ0n) is 10.9. The molecule has 0 saturated heterocycles. The summed E-state index contributed by atoms with van der Waals surface area (Å²) in [7, 11) is 0. The molecule has 20 heavy (non-hydrogen) atoms. The van der Waals surface area contributed by atoms with Crippen molar-refractivity contribution in [1.82, 2.24) is 10.1 Å². The standard InChI is InChI=1S/C14H15ClN2O2S/c15-11-7-9(5-6-12(11)18)14-16-13(17-19-14)8-20-10-3-1-2-4-10/h5-7,10,18H,1-4,8H2. The van der Waals surface area contributed by atoms with Crippen molar-refractivity contribution in [3.8, 4) is 17.2 Å². The zero-order valence-corrected chi connectivity index (χ0v) is 12.5. The minimum atomic E-state index is 0.0481. The van der Waals surface area contributed by atoms with E-state index < -0.39 is 0 Å². The molecule has 0 spiro atoms. The van der Waals surface area contributed by atoms with Gasteiger partial charge >= 0.3 is 0 Å². The van der Waals surface area contributed by atoms with Gasteiger partial charge < -0.3 is 9.63 Å². The molecule has 0 amide bonds. The molecular formula is C14H15ClN2O2S. The average Bonchev–Trinajstić information content (AvgIpc) is 3.10. The molecule has 1 aromatic carbocycles. The Bertz CT molecular complexity index is 597. The second-order valence-electron chi connectivity index (χ2n) is 4.90. The number of halogens is 1. The first kappa shape index (κ1) is 13.8. The predicted molar refractivity (Wildman–Crippen MR) is 80.0 cm³/mol. The van der Waals surface area contributed by atoms with E-state index in [-0.39, 0.29) is 10.8 Å². The van der Waals surface area contributed by atoms with Gasteiger partial charge in [-0.3, -0.25) is 0 Å². The number of benzene rings is 1. The van der Waals surface area contributed by atoms with Crippen molar-refractivity contribution < 1.29 is 9.63 Å². The van der Waals surface area contributed by atoms with Crippen LogP contribution in [0.2, 0.25) is 5.02 Å². The van der Waals surface area contributed by atoms with Gasteiger partial charge in [0.1, 0.15) is 5.75 Å². The fourth-order valence-electron chi connectivity index (χ4n) is 2.32. The largest absolute Gasteiger partial charge is 0.506 e. The van der Waals surface area contributed by atoms with Crippen LogP contribution in [0.25, 0.3) is 11.5 Å². The molecule has 3 rings (SSSR count). The number of thioether (sulfide) groups is 1. The number of hydrogen-bond acceptors (Lipinski definition) is 5. The lowest BCUT2D eigenvalue weighted by molar-refractivity contribution is 0.425. The van der Waals surface area contributed by atoms with Crippen LogP contribution in [-0.4, -0.2) is 20.5 Å². The summed E-state index contributed by atoms with van der Waals surface area (Å²) in [6, 6.07) is 4.86. The lowest BCUT2D eigenvalue weighted by Crippen LogP contribution is -1.95. The van der Waals surface area contributed by atoms with Crippen molar-refractivity contribution in [3.63, 3.8) is 0 Å². The Hall–Kier alpha value is -1.20. The minimum absolute atomic E-state index is 0.0481. The highest BCUT2D eigenvalue weighted by Gasteiger charge is 2.17. The van der Waals surface area contributed by atoms with Gasteiger partial charge in [-0.05, 0) is 31.0 Å². The Morgan fingerprint density at radius 3 is 2.90 bits per heavy atom. The summed E-state index contributed by atoms with van der Waals surface area (Å²) < 4.78 is 5.25. The topological polar surface area (TPSA) is 59.2 Å². The van der Waals surface area contributed by atoms with Gasteiger partial charge in [-0.2, -0.15) is 16.7 Å². The number of rotatable bonds is 4. The number of hydrogen-bond donors (Lipinski definition) is 1. The molecule has 1 saturated carbocycles. The molecule has 1 heterocycles. The predicted octanol–water partition coefficient (Wildman–Crippen LogP) is 4.27. The van der Waals surface area contributed by atoms with Gasteiger partial charge in [0, 0.05) is 10.8 Å². The normalized spacial score (nSPS) is 15.8. The van der Waals surface area contributed by atoms with E-state index in [4.69, 9.17) is 16.1 Å². The maximum absolute atomic E-state index is 9.40. The summed E-state index contributed by atoms with van der Waals surface area (Å²) in [5, 5.41) is 14.4. The number of nitrogens with zero attached hydrogens (tertiary/aromatic N) is 2. The molecule has 1 aromatic heterocycles. The fraction of sp³-hybridized carbons (Fsp3) is 0.429. The first-order valence-corrected chi connectivity index (χ1v) is 8.08. The van der Waals surface area contributed by atoms with Crippen molar-refractivity contribution in [2.24, 2.45) is 0 Å². The first-order valence-electron chi connectivity index (χ1n) is 6.65. The highest BCUT2D eigenvalue weighted by molar-refractivity contribution is 7.99. The third-order valence-electron chi connectivity index (χ3n) is 3.41. The number of phenolic OH excluding ortho intramolecular Hbond substituents is 1. The molecule has 2 aromatic rings.